The number of benzene rings is 1. The van der Waals surface area contributed by atoms with Crippen molar-refractivity contribution in [2.45, 2.75) is 37.5 Å². The van der Waals surface area contributed by atoms with Crippen molar-refractivity contribution in [2.24, 2.45) is 7.05 Å². The Kier molecular flexibility index (Phi) is 3.96. The minimum Gasteiger partial charge on any atom is -0.323 e. The highest BCUT2D eigenvalue weighted by Crippen LogP contribution is 2.40. The van der Waals surface area contributed by atoms with E-state index in [1.165, 1.54) is 12.1 Å². The van der Waals surface area contributed by atoms with Gasteiger partial charge in [-0.15, -0.1) is 0 Å². The molecule has 4 nitrogen and oxygen atoms in total. The van der Waals surface area contributed by atoms with Crippen molar-refractivity contribution in [3.05, 3.63) is 48.0 Å². The van der Waals surface area contributed by atoms with E-state index in [1.807, 2.05) is 6.07 Å². The molecule has 1 heterocycles. The van der Waals surface area contributed by atoms with E-state index in [0.29, 0.717) is 5.69 Å². The van der Waals surface area contributed by atoms with Crippen LogP contribution in [0.15, 0.2) is 36.7 Å². The van der Waals surface area contributed by atoms with E-state index in [-0.39, 0.29) is 11.7 Å². The predicted octanol–water partition coefficient (Wildman–Crippen LogP) is 3.40. The van der Waals surface area contributed by atoms with Crippen molar-refractivity contribution in [3.8, 4) is 0 Å². The minimum absolute atomic E-state index is 0.0641. The van der Waals surface area contributed by atoms with Crippen LogP contribution in [0.5, 0.6) is 0 Å². The summed E-state index contributed by atoms with van der Waals surface area (Å²) in [5.74, 6) is -0.359. The van der Waals surface area contributed by atoms with Gasteiger partial charge in [0.05, 0.1) is 17.3 Å². The molecule has 116 valence electrons. The maximum atomic E-state index is 13.6. The molecule has 0 aliphatic heterocycles. The molecule has 0 saturated heterocycles. The molecule has 0 radical (unpaired) electrons. The van der Waals surface area contributed by atoms with E-state index in [0.717, 1.165) is 37.7 Å². The maximum absolute atomic E-state index is 13.6. The molecule has 1 aromatic heterocycles. The Bertz CT molecular complexity index is 674. The number of carbonyl (C=O) groups is 1. The minimum atomic E-state index is -0.643. The van der Waals surface area contributed by atoms with Crippen LogP contribution in [0.4, 0.5) is 10.1 Å². The summed E-state index contributed by atoms with van der Waals surface area (Å²) >= 11 is 0. The van der Waals surface area contributed by atoms with E-state index >= 15 is 0 Å². The number of nitrogens with zero attached hydrogens (tertiary/aromatic N) is 2. The number of aromatic nitrogens is 2. The molecule has 0 unspecified atom stereocenters. The third-order valence-corrected chi connectivity index (χ3v) is 4.48. The Morgan fingerprint density at radius 3 is 2.73 bits per heavy atom. The molecule has 5 heteroatoms. The highest BCUT2D eigenvalue weighted by molar-refractivity contribution is 5.99. The molecule has 0 bridgehead atoms. The number of aryl methyl sites for hydroxylation is 1. The molecular weight excluding hydrogens is 281 g/mol. The number of halogens is 1. The van der Waals surface area contributed by atoms with Crippen molar-refractivity contribution >= 4 is 11.6 Å². The van der Waals surface area contributed by atoms with Crippen LogP contribution in [-0.2, 0) is 17.3 Å². The van der Waals surface area contributed by atoms with E-state index in [1.54, 1.807) is 30.2 Å². The Labute approximate surface area is 129 Å². The van der Waals surface area contributed by atoms with Crippen molar-refractivity contribution in [2.75, 3.05) is 5.32 Å². The van der Waals surface area contributed by atoms with E-state index < -0.39 is 5.41 Å². The van der Waals surface area contributed by atoms with Crippen LogP contribution in [0, 0.1) is 5.82 Å². The Balaban J connectivity index is 1.93. The molecule has 22 heavy (non-hydrogen) atoms. The van der Waals surface area contributed by atoms with Gasteiger partial charge in [-0.2, -0.15) is 5.10 Å². The summed E-state index contributed by atoms with van der Waals surface area (Å²) in [5.41, 5.74) is 0.804. The Hall–Kier alpha value is -2.17. The first-order valence-corrected chi connectivity index (χ1v) is 7.66. The van der Waals surface area contributed by atoms with Crippen molar-refractivity contribution in [1.82, 2.24) is 9.78 Å². The maximum Gasteiger partial charge on any atom is 0.235 e. The van der Waals surface area contributed by atoms with Crippen LogP contribution in [-0.4, -0.2) is 15.7 Å². The summed E-state index contributed by atoms with van der Waals surface area (Å²) in [4.78, 5) is 12.9. The van der Waals surface area contributed by atoms with Gasteiger partial charge in [-0.05, 0) is 30.5 Å². The van der Waals surface area contributed by atoms with E-state index in [2.05, 4.69) is 10.4 Å². The monoisotopic (exact) mass is 301 g/mol. The SMILES string of the molecule is Cn1cc(NC(=O)C2(c3cccc(F)c3)CCCCC2)cn1. The fraction of sp³-hybridized carbons (Fsp3) is 0.412. The molecule has 1 N–H and O–H groups in total. The molecule has 1 saturated carbocycles. The molecule has 3 rings (SSSR count). The number of nitrogens with one attached hydrogen (secondary N) is 1. The van der Waals surface area contributed by atoms with Gasteiger partial charge in [-0.3, -0.25) is 9.48 Å². The average Bonchev–Trinajstić information content (AvgIpc) is 2.93. The highest BCUT2D eigenvalue weighted by atomic mass is 19.1. The van der Waals surface area contributed by atoms with Crippen molar-refractivity contribution in [1.29, 1.82) is 0 Å². The van der Waals surface area contributed by atoms with Crippen LogP contribution in [0.1, 0.15) is 37.7 Å². The van der Waals surface area contributed by atoms with Crippen LogP contribution < -0.4 is 5.32 Å². The Morgan fingerprint density at radius 1 is 1.32 bits per heavy atom. The van der Waals surface area contributed by atoms with E-state index in [4.69, 9.17) is 0 Å². The van der Waals surface area contributed by atoms with E-state index in [9.17, 15) is 9.18 Å². The number of rotatable bonds is 3. The molecule has 1 aliphatic rings. The molecule has 0 atom stereocenters. The summed E-state index contributed by atoms with van der Waals surface area (Å²) in [5, 5.41) is 7.01. The smallest absolute Gasteiger partial charge is 0.235 e. The zero-order chi connectivity index (χ0) is 15.6. The summed E-state index contributed by atoms with van der Waals surface area (Å²) in [6.45, 7) is 0. The first-order valence-electron chi connectivity index (χ1n) is 7.66. The van der Waals surface area contributed by atoms with Gasteiger partial charge in [0.15, 0.2) is 0 Å². The number of anilines is 1. The number of amides is 1. The third kappa shape index (κ3) is 2.75. The number of carbonyl (C=O) groups excluding carboxylic acids is 1. The zero-order valence-electron chi connectivity index (χ0n) is 12.7. The molecule has 2 aromatic rings. The summed E-state index contributed by atoms with van der Waals surface area (Å²) in [6, 6.07) is 6.45. The summed E-state index contributed by atoms with van der Waals surface area (Å²) in [6.07, 6.45) is 7.98. The van der Waals surface area contributed by atoms with Gasteiger partial charge < -0.3 is 5.32 Å². The van der Waals surface area contributed by atoms with Crippen LogP contribution in [0.3, 0.4) is 0 Å². The normalized spacial score (nSPS) is 17.2. The standard InChI is InChI=1S/C17H20FN3O/c1-21-12-15(11-19-21)20-16(22)17(8-3-2-4-9-17)13-6-5-7-14(18)10-13/h5-7,10-12H,2-4,8-9H2,1H3,(H,20,22). The van der Waals surface area contributed by atoms with Gasteiger partial charge in [0.25, 0.3) is 0 Å². The lowest BCUT2D eigenvalue weighted by atomic mass is 9.68. The lowest BCUT2D eigenvalue weighted by Crippen LogP contribution is -2.42. The first-order chi connectivity index (χ1) is 10.6. The van der Waals surface area contributed by atoms with Gasteiger partial charge in [0.1, 0.15) is 5.82 Å². The van der Waals surface area contributed by atoms with Crippen LogP contribution >= 0.6 is 0 Å². The van der Waals surface area contributed by atoms with Gasteiger partial charge in [-0.1, -0.05) is 31.4 Å². The molecule has 0 spiro atoms. The fourth-order valence-corrected chi connectivity index (χ4v) is 3.32. The first kappa shape index (κ1) is 14.8. The van der Waals surface area contributed by atoms with Gasteiger partial charge in [0.2, 0.25) is 5.91 Å². The predicted molar refractivity (Wildman–Crippen MR) is 83.0 cm³/mol. The second kappa shape index (κ2) is 5.91. The van der Waals surface area contributed by atoms with Crippen molar-refractivity contribution < 1.29 is 9.18 Å². The summed E-state index contributed by atoms with van der Waals surface area (Å²) in [7, 11) is 1.80. The zero-order valence-corrected chi connectivity index (χ0v) is 12.7. The van der Waals surface area contributed by atoms with Crippen LogP contribution in [0.25, 0.3) is 0 Å². The van der Waals surface area contributed by atoms with Crippen LogP contribution in [0.2, 0.25) is 0 Å². The topological polar surface area (TPSA) is 46.9 Å². The van der Waals surface area contributed by atoms with Gasteiger partial charge in [0, 0.05) is 13.2 Å². The number of hydrogen-bond donors (Lipinski definition) is 1. The molecule has 1 fully saturated rings. The van der Waals surface area contributed by atoms with Gasteiger partial charge in [-0.25, -0.2) is 4.39 Å². The lowest BCUT2D eigenvalue weighted by molar-refractivity contribution is -0.122. The number of hydrogen-bond acceptors (Lipinski definition) is 2. The third-order valence-electron chi connectivity index (χ3n) is 4.48. The van der Waals surface area contributed by atoms with Gasteiger partial charge >= 0.3 is 0 Å². The Morgan fingerprint density at radius 2 is 2.09 bits per heavy atom. The fourth-order valence-electron chi connectivity index (χ4n) is 3.32. The molecule has 1 aromatic carbocycles. The highest BCUT2D eigenvalue weighted by Gasteiger charge is 2.41. The largest absolute Gasteiger partial charge is 0.323 e. The van der Waals surface area contributed by atoms with Crippen molar-refractivity contribution in [3.63, 3.8) is 0 Å². The molecule has 1 aliphatic carbocycles. The lowest BCUT2D eigenvalue weighted by Gasteiger charge is -2.36. The molecule has 1 amide bonds. The molecular formula is C17H20FN3O. The average molecular weight is 301 g/mol. The second-order valence-corrected chi connectivity index (χ2v) is 6.01. The quantitative estimate of drug-likeness (QED) is 0.944. The second-order valence-electron chi connectivity index (χ2n) is 6.01. The summed E-state index contributed by atoms with van der Waals surface area (Å²) < 4.78 is 15.3.